The van der Waals surface area contributed by atoms with E-state index in [2.05, 4.69) is 15.9 Å². The molecule has 0 saturated carbocycles. The second-order valence-electron chi connectivity index (χ2n) is 1.87. The Morgan fingerprint density at radius 3 is 1.67 bits per heavy atom. The Morgan fingerprint density at radius 1 is 0.917 bits per heavy atom. The Balaban J connectivity index is 4.82. The van der Waals surface area contributed by atoms with Crippen LogP contribution in [-0.2, 0) is 0 Å². The summed E-state index contributed by atoms with van der Waals surface area (Å²) in [6.45, 7) is -1.43. The zero-order chi connectivity index (χ0) is 9.72. The SMILES string of the molecule is OC/C(O)=C(O)\C(Br)=C(\O)CO. The fourth-order valence-corrected chi connectivity index (χ4v) is 0.762. The van der Waals surface area contributed by atoms with Crippen molar-refractivity contribution in [2.75, 3.05) is 13.2 Å². The summed E-state index contributed by atoms with van der Waals surface area (Å²) < 4.78 is -0.253. The zero-order valence-corrected chi connectivity index (χ0v) is 7.61. The van der Waals surface area contributed by atoms with E-state index in [9.17, 15) is 0 Å². The number of halogens is 1. The van der Waals surface area contributed by atoms with Gasteiger partial charge in [0.1, 0.15) is 23.5 Å². The number of hydrogen-bond donors (Lipinski definition) is 5. The van der Waals surface area contributed by atoms with Gasteiger partial charge in [0, 0.05) is 0 Å². The first-order valence-electron chi connectivity index (χ1n) is 2.95. The molecule has 6 heteroatoms. The van der Waals surface area contributed by atoms with E-state index in [1.54, 1.807) is 0 Å². The topological polar surface area (TPSA) is 101 Å². The van der Waals surface area contributed by atoms with Gasteiger partial charge in [0.15, 0.2) is 11.5 Å². The summed E-state index contributed by atoms with van der Waals surface area (Å²) in [6, 6.07) is 0. The van der Waals surface area contributed by atoms with E-state index in [4.69, 9.17) is 25.5 Å². The third-order valence-electron chi connectivity index (χ3n) is 1.03. The largest absolute Gasteiger partial charge is 0.509 e. The normalized spacial score (nSPS) is 15.2. The lowest BCUT2D eigenvalue weighted by atomic mass is 10.3. The van der Waals surface area contributed by atoms with Crippen LogP contribution in [0.15, 0.2) is 21.8 Å². The van der Waals surface area contributed by atoms with Crippen molar-refractivity contribution in [2.45, 2.75) is 0 Å². The molecule has 0 aromatic heterocycles. The van der Waals surface area contributed by atoms with Gasteiger partial charge in [-0.3, -0.25) is 0 Å². The summed E-state index contributed by atoms with van der Waals surface area (Å²) in [5.41, 5.74) is 0. The van der Waals surface area contributed by atoms with Crippen LogP contribution in [0.5, 0.6) is 0 Å². The monoisotopic (exact) mass is 240 g/mol. The Labute approximate surface area is 77.0 Å². The molecule has 0 saturated heterocycles. The number of aliphatic hydroxyl groups is 5. The Morgan fingerprint density at radius 2 is 1.33 bits per heavy atom. The van der Waals surface area contributed by atoms with Crippen LogP contribution in [0.3, 0.4) is 0 Å². The molecule has 0 amide bonds. The van der Waals surface area contributed by atoms with Crippen LogP contribution in [-0.4, -0.2) is 38.7 Å². The Bertz CT molecular complexity index is 196. The second kappa shape index (κ2) is 5.02. The molecular formula is C6H9BrO5. The van der Waals surface area contributed by atoms with Crippen LogP contribution in [0.2, 0.25) is 0 Å². The minimum absolute atomic E-state index is 0.253. The van der Waals surface area contributed by atoms with E-state index in [0.29, 0.717) is 0 Å². The van der Waals surface area contributed by atoms with Crippen molar-refractivity contribution in [3.8, 4) is 0 Å². The van der Waals surface area contributed by atoms with Crippen molar-refractivity contribution < 1.29 is 25.5 Å². The fraction of sp³-hybridized carbons (Fsp3) is 0.333. The predicted molar refractivity (Wildman–Crippen MR) is 45.0 cm³/mol. The third-order valence-corrected chi connectivity index (χ3v) is 1.87. The molecule has 0 rings (SSSR count). The number of aliphatic hydroxyl groups excluding tert-OH is 5. The van der Waals surface area contributed by atoms with Gasteiger partial charge in [-0.25, -0.2) is 0 Å². The first kappa shape index (κ1) is 11.3. The fourth-order valence-electron chi connectivity index (χ4n) is 0.408. The summed E-state index contributed by atoms with van der Waals surface area (Å²) in [4.78, 5) is 0. The Hall–Kier alpha value is -0.720. The van der Waals surface area contributed by atoms with Crippen molar-refractivity contribution in [2.24, 2.45) is 0 Å². The van der Waals surface area contributed by atoms with Crippen molar-refractivity contribution in [3.05, 3.63) is 21.8 Å². The van der Waals surface area contributed by atoms with E-state index < -0.39 is 30.5 Å². The van der Waals surface area contributed by atoms with Crippen molar-refractivity contribution in [3.63, 3.8) is 0 Å². The van der Waals surface area contributed by atoms with Crippen LogP contribution in [0.1, 0.15) is 0 Å². The molecule has 5 N–H and O–H groups in total. The highest BCUT2D eigenvalue weighted by Gasteiger charge is 2.10. The highest BCUT2D eigenvalue weighted by Crippen LogP contribution is 2.19. The third kappa shape index (κ3) is 2.72. The van der Waals surface area contributed by atoms with Crippen molar-refractivity contribution in [1.29, 1.82) is 0 Å². The lowest BCUT2D eigenvalue weighted by Gasteiger charge is -2.03. The summed E-state index contributed by atoms with van der Waals surface area (Å²) in [5.74, 6) is -1.93. The molecule has 0 radical (unpaired) electrons. The number of allylic oxidation sites excluding steroid dienone is 1. The first-order chi connectivity index (χ1) is 5.54. The van der Waals surface area contributed by atoms with E-state index >= 15 is 0 Å². The minimum Gasteiger partial charge on any atom is -0.509 e. The molecule has 70 valence electrons. The Kier molecular flexibility index (Phi) is 4.72. The summed E-state index contributed by atoms with van der Waals surface area (Å²) in [7, 11) is 0. The maximum atomic E-state index is 8.98. The minimum atomic E-state index is -0.750. The van der Waals surface area contributed by atoms with Crippen molar-refractivity contribution >= 4 is 15.9 Å². The van der Waals surface area contributed by atoms with Crippen LogP contribution in [0.25, 0.3) is 0 Å². The smallest absolute Gasteiger partial charge is 0.173 e. The van der Waals surface area contributed by atoms with E-state index in [-0.39, 0.29) is 4.48 Å². The second-order valence-corrected chi connectivity index (χ2v) is 2.67. The average Bonchev–Trinajstić information content (AvgIpc) is 2.12. The van der Waals surface area contributed by atoms with Gasteiger partial charge in [-0.15, -0.1) is 0 Å². The number of rotatable bonds is 3. The van der Waals surface area contributed by atoms with Crippen LogP contribution in [0.4, 0.5) is 0 Å². The zero-order valence-electron chi connectivity index (χ0n) is 6.03. The van der Waals surface area contributed by atoms with Crippen LogP contribution < -0.4 is 0 Å². The molecule has 0 aromatic rings. The van der Waals surface area contributed by atoms with Gasteiger partial charge in [0.05, 0.1) is 0 Å². The molecule has 0 bridgehead atoms. The quantitative estimate of drug-likeness (QED) is 0.365. The maximum absolute atomic E-state index is 8.98. The molecule has 0 atom stereocenters. The highest BCUT2D eigenvalue weighted by atomic mass is 79.9. The molecule has 0 aliphatic carbocycles. The first-order valence-corrected chi connectivity index (χ1v) is 3.74. The standard InChI is InChI=1S/C6H9BrO5/c7-5(3(10)1-8)6(12)4(11)2-9/h8-12H,1-2H2/b5-3-,6-4-. The molecule has 0 spiro atoms. The average molecular weight is 241 g/mol. The predicted octanol–water partition coefficient (Wildman–Crippen LogP) is 0.463. The van der Waals surface area contributed by atoms with Crippen LogP contribution >= 0.6 is 15.9 Å². The molecule has 0 aromatic carbocycles. The number of hydrogen-bond acceptors (Lipinski definition) is 5. The lowest BCUT2D eigenvalue weighted by molar-refractivity contribution is 0.226. The summed E-state index contributed by atoms with van der Waals surface area (Å²) in [5, 5.41) is 43.3. The summed E-state index contributed by atoms with van der Waals surface area (Å²) >= 11 is 2.70. The van der Waals surface area contributed by atoms with Crippen molar-refractivity contribution in [1.82, 2.24) is 0 Å². The molecular weight excluding hydrogens is 232 g/mol. The molecule has 0 heterocycles. The van der Waals surface area contributed by atoms with Gasteiger partial charge in [0.2, 0.25) is 0 Å². The summed E-state index contributed by atoms with van der Waals surface area (Å²) in [6.07, 6.45) is 0. The molecule has 12 heavy (non-hydrogen) atoms. The molecule has 0 fully saturated rings. The van der Waals surface area contributed by atoms with Gasteiger partial charge in [-0.2, -0.15) is 0 Å². The van der Waals surface area contributed by atoms with Gasteiger partial charge in [-0.1, -0.05) is 0 Å². The van der Waals surface area contributed by atoms with Gasteiger partial charge in [0.25, 0.3) is 0 Å². The molecule has 5 nitrogen and oxygen atoms in total. The molecule has 0 unspecified atom stereocenters. The van der Waals surface area contributed by atoms with E-state index in [1.807, 2.05) is 0 Å². The molecule has 0 aliphatic rings. The molecule has 0 aliphatic heterocycles. The van der Waals surface area contributed by atoms with Gasteiger partial charge in [-0.05, 0) is 15.9 Å². The van der Waals surface area contributed by atoms with E-state index in [1.165, 1.54) is 0 Å². The van der Waals surface area contributed by atoms with Crippen LogP contribution in [0, 0.1) is 0 Å². The maximum Gasteiger partial charge on any atom is 0.173 e. The highest BCUT2D eigenvalue weighted by molar-refractivity contribution is 9.12. The lowest BCUT2D eigenvalue weighted by Crippen LogP contribution is -2.00. The van der Waals surface area contributed by atoms with E-state index in [0.717, 1.165) is 0 Å². The van der Waals surface area contributed by atoms with Gasteiger partial charge < -0.3 is 25.5 Å². The van der Waals surface area contributed by atoms with Gasteiger partial charge >= 0.3 is 0 Å².